The Balaban J connectivity index is 1.64. The minimum Gasteiger partial charge on any atom is -0.467 e. The van der Waals surface area contributed by atoms with Crippen molar-refractivity contribution in [3.8, 4) is 10.7 Å². The van der Waals surface area contributed by atoms with Crippen LogP contribution in [0.15, 0.2) is 47.2 Å². The first-order chi connectivity index (χ1) is 11.3. The molecular weight excluding hydrogens is 308 g/mol. The van der Waals surface area contributed by atoms with Gasteiger partial charge in [-0.1, -0.05) is 24.3 Å². The van der Waals surface area contributed by atoms with Gasteiger partial charge in [-0.05, 0) is 43.0 Å². The highest BCUT2D eigenvalue weighted by Gasteiger charge is 2.31. The van der Waals surface area contributed by atoms with Crippen molar-refractivity contribution in [2.24, 2.45) is 5.92 Å². The smallest absolute Gasteiger partial charge is 0.209 e. The summed E-state index contributed by atoms with van der Waals surface area (Å²) in [4.78, 5) is 6.68. The molecule has 1 fully saturated rings. The molecule has 2 unspecified atom stereocenters. The number of hydrogen-bond donors (Lipinski definition) is 0. The van der Waals surface area contributed by atoms with Gasteiger partial charge in [0.25, 0.3) is 0 Å². The van der Waals surface area contributed by atoms with Crippen LogP contribution in [0.25, 0.3) is 10.7 Å². The molecule has 23 heavy (non-hydrogen) atoms. The summed E-state index contributed by atoms with van der Waals surface area (Å²) < 4.78 is 5.67. The number of aromatic nitrogens is 3. The lowest BCUT2D eigenvalue weighted by atomic mass is 9.91. The Morgan fingerprint density at radius 1 is 1.22 bits per heavy atom. The van der Waals surface area contributed by atoms with Crippen molar-refractivity contribution in [1.29, 1.82) is 0 Å². The van der Waals surface area contributed by atoms with Crippen LogP contribution in [0.4, 0.5) is 5.13 Å². The zero-order chi connectivity index (χ0) is 15.6. The second-order valence-corrected chi connectivity index (χ2v) is 6.91. The molecule has 0 aromatic carbocycles. The summed E-state index contributed by atoms with van der Waals surface area (Å²) in [5.41, 5.74) is 0.871. The fourth-order valence-corrected chi connectivity index (χ4v) is 3.94. The van der Waals surface area contributed by atoms with E-state index in [-0.39, 0.29) is 6.04 Å². The summed E-state index contributed by atoms with van der Waals surface area (Å²) >= 11 is 1.59. The van der Waals surface area contributed by atoms with Crippen molar-refractivity contribution in [2.75, 3.05) is 11.4 Å². The lowest BCUT2D eigenvalue weighted by Crippen LogP contribution is -2.36. The standard InChI is InChI=1S/C17H18N4OS/c1-12-7-9-21(14(11-12)15-6-4-10-22-15)17-20-19-16(23-17)13-5-2-3-8-18-13/h2-6,8,10,12,14H,7,9,11H2,1H3. The predicted molar refractivity (Wildman–Crippen MR) is 90.3 cm³/mol. The Morgan fingerprint density at radius 2 is 2.17 bits per heavy atom. The van der Waals surface area contributed by atoms with E-state index in [0.29, 0.717) is 5.92 Å². The fourth-order valence-electron chi connectivity index (χ4n) is 3.05. The maximum Gasteiger partial charge on any atom is 0.209 e. The SMILES string of the molecule is CC1CCN(c2nnc(-c3ccccn3)s2)C(c2ccco2)C1. The molecule has 1 aliphatic heterocycles. The van der Waals surface area contributed by atoms with Crippen LogP contribution in [0.2, 0.25) is 0 Å². The lowest BCUT2D eigenvalue weighted by molar-refractivity contribution is 0.328. The van der Waals surface area contributed by atoms with E-state index in [1.165, 1.54) is 0 Å². The van der Waals surface area contributed by atoms with Gasteiger partial charge in [0, 0.05) is 12.7 Å². The molecule has 0 spiro atoms. The van der Waals surface area contributed by atoms with E-state index in [1.807, 2.05) is 24.3 Å². The van der Waals surface area contributed by atoms with Crippen molar-refractivity contribution in [3.05, 3.63) is 48.6 Å². The van der Waals surface area contributed by atoms with Gasteiger partial charge in [0.05, 0.1) is 12.3 Å². The maximum absolute atomic E-state index is 5.67. The van der Waals surface area contributed by atoms with Gasteiger partial charge in [-0.2, -0.15) is 0 Å². The minimum absolute atomic E-state index is 0.235. The van der Waals surface area contributed by atoms with Crippen LogP contribution < -0.4 is 4.90 Å². The Labute approximate surface area is 139 Å². The normalized spacial score (nSPS) is 21.5. The Hall–Kier alpha value is -2.21. The molecule has 0 saturated carbocycles. The van der Waals surface area contributed by atoms with Crippen LogP contribution in [-0.4, -0.2) is 21.7 Å². The molecule has 118 valence electrons. The van der Waals surface area contributed by atoms with Crippen LogP contribution >= 0.6 is 11.3 Å². The van der Waals surface area contributed by atoms with Crippen molar-refractivity contribution in [1.82, 2.24) is 15.2 Å². The molecule has 0 N–H and O–H groups in total. The second kappa shape index (κ2) is 6.12. The third-order valence-electron chi connectivity index (χ3n) is 4.28. The van der Waals surface area contributed by atoms with Crippen LogP contribution in [0.3, 0.4) is 0 Å². The number of rotatable bonds is 3. The molecule has 0 bridgehead atoms. The number of anilines is 1. The zero-order valence-corrected chi connectivity index (χ0v) is 13.7. The largest absolute Gasteiger partial charge is 0.467 e. The van der Waals surface area contributed by atoms with Gasteiger partial charge < -0.3 is 9.32 Å². The van der Waals surface area contributed by atoms with Gasteiger partial charge >= 0.3 is 0 Å². The van der Waals surface area contributed by atoms with Gasteiger partial charge in [0.1, 0.15) is 11.5 Å². The monoisotopic (exact) mass is 326 g/mol. The quantitative estimate of drug-likeness (QED) is 0.723. The highest BCUT2D eigenvalue weighted by Crippen LogP contribution is 2.39. The third-order valence-corrected chi connectivity index (χ3v) is 5.26. The fraction of sp³-hybridized carbons (Fsp3) is 0.353. The van der Waals surface area contributed by atoms with E-state index in [0.717, 1.165) is 41.0 Å². The van der Waals surface area contributed by atoms with E-state index in [1.54, 1.807) is 23.8 Å². The highest BCUT2D eigenvalue weighted by atomic mass is 32.1. The molecule has 1 aliphatic rings. The molecular formula is C17H18N4OS. The molecule has 0 radical (unpaired) electrons. The summed E-state index contributed by atoms with van der Waals surface area (Å²) in [5, 5.41) is 10.5. The van der Waals surface area contributed by atoms with Crippen LogP contribution in [0.5, 0.6) is 0 Å². The molecule has 1 saturated heterocycles. The molecule has 0 aliphatic carbocycles. The highest BCUT2D eigenvalue weighted by molar-refractivity contribution is 7.18. The van der Waals surface area contributed by atoms with Gasteiger partial charge in [0.2, 0.25) is 5.13 Å². The lowest BCUT2D eigenvalue weighted by Gasteiger charge is -2.36. The summed E-state index contributed by atoms with van der Waals surface area (Å²) in [6, 6.07) is 10.1. The number of pyridine rings is 1. The summed E-state index contributed by atoms with van der Waals surface area (Å²) in [7, 11) is 0. The van der Waals surface area contributed by atoms with E-state index in [2.05, 4.69) is 33.1 Å². The van der Waals surface area contributed by atoms with E-state index < -0.39 is 0 Å². The number of furan rings is 1. The first-order valence-electron chi connectivity index (χ1n) is 7.86. The first-order valence-corrected chi connectivity index (χ1v) is 8.68. The number of nitrogens with zero attached hydrogens (tertiary/aromatic N) is 4. The molecule has 2 atom stereocenters. The zero-order valence-electron chi connectivity index (χ0n) is 12.9. The molecule has 3 aromatic heterocycles. The van der Waals surface area contributed by atoms with Crippen LogP contribution in [-0.2, 0) is 0 Å². The summed E-state index contributed by atoms with van der Waals surface area (Å²) in [5.74, 6) is 1.69. The topological polar surface area (TPSA) is 55.1 Å². The molecule has 6 heteroatoms. The van der Waals surface area contributed by atoms with E-state index >= 15 is 0 Å². The minimum atomic E-state index is 0.235. The van der Waals surface area contributed by atoms with Gasteiger partial charge in [0.15, 0.2) is 5.01 Å². The van der Waals surface area contributed by atoms with E-state index in [4.69, 9.17) is 4.42 Å². The number of hydrogen-bond acceptors (Lipinski definition) is 6. The molecule has 4 rings (SSSR count). The maximum atomic E-state index is 5.67. The third kappa shape index (κ3) is 2.86. The molecule has 4 heterocycles. The van der Waals surface area contributed by atoms with Crippen molar-refractivity contribution in [2.45, 2.75) is 25.8 Å². The average Bonchev–Trinajstić information content (AvgIpc) is 3.27. The Morgan fingerprint density at radius 3 is 2.96 bits per heavy atom. The van der Waals surface area contributed by atoms with Gasteiger partial charge in [-0.25, -0.2) is 0 Å². The van der Waals surface area contributed by atoms with Crippen molar-refractivity contribution in [3.63, 3.8) is 0 Å². The summed E-state index contributed by atoms with van der Waals surface area (Å²) in [6.07, 6.45) is 5.76. The molecule has 5 nitrogen and oxygen atoms in total. The van der Waals surface area contributed by atoms with Gasteiger partial charge in [-0.15, -0.1) is 10.2 Å². The Kier molecular flexibility index (Phi) is 3.83. The average molecular weight is 326 g/mol. The van der Waals surface area contributed by atoms with Gasteiger partial charge in [-0.3, -0.25) is 4.98 Å². The predicted octanol–water partition coefficient (Wildman–Crippen LogP) is 4.17. The Bertz CT molecular complexity index is 756. The van der Waals surface area contributed by atoms with Crippen molar-refractivity contribution < 1.29 is 4.42 Å². The molecule has 0 amide bonds. The summed E-state index contributed by atoms with van der Waals surface area (Å²) in [6.45, 7) is 3.27. The van der Waals surface area contributed by atoms with Crippen molar-refractivity contribution >= 4 is 16.5 Å². The molecule has 3 aromatic rings. The number of piperidine rings is 1. The van der Waals surface area contributed by atoms with Crippen LogP contribution in [0.1, 0.15) is 31.6 Å². The first kappa shape index (κ1) is 14.4. The van der Waals surface area contributed by atoms with E-state index in [9.17, 15) is 0 Å². The second-order valence-electron chi connectivity index (χ2n) is 5.96. The van der Waals surface area contributed by atoms with Crippen LogP contribution in [0, 0.1) is 5.92 Å².